The molecule has 5 heterocycles. The summed E-state index contributed by atoms with van der Waals surface area (Å²) >= 11 is 0. The van der Waals surface area contributed by atoms with Gasteiger partial charge in [-0.15, -0.1) is 0 Å². The van der Waals surface area contributed by atoms with Crippen LogP contribution in [0.5, 0.6) is 0 Å². The zero-order chi connectivity index (χ0) is 27.4. The molecule has 0 radical (unpaired) electrons. The number of hydrogen-bond donors (Lipinski definition) is 1. The average molecular weight is 529 g/mol. The molecule has 1 saturated carbocycles. The van der Waals surface area contributed by atoms with Crippen LogP contribution in [-0.2, 0) is 23.2 Å². The molecule has 1 aliphatic heterocycles. The Balaban J connectivity index is 1.23. The Kier molecular flexibility index (Phi) is 5.89. The van der Waals surface area contributed by atoms with Gasteiger partial charge in [0.15, 0.2) is 11.2 Å². The summed E-state index contributed by atoms with van der Waals surface area (Å²) in [4.78, 5) is 66.3. The first-order valence-electron chi connectivity index (χ1n) is 12.9. The molecular formula is C27H28N8O4. The number of fused-ring (bicyclic) bond motifs is 2. The molecule has 4 aromatic heterocycles. The number of pyridine rings is 2. The second-order valence-electron chi connectivity index (χ2n) is 10.4. The van der Waals surface area contributed by atoms with Crippen molar-refractivity contribution < 1.29 is 9.59 Å². The van der Waals surface area contributed by atoms with E-state index in [-0.39, 0.29) is 23.5 Å². The quantitative estimate of drug-likeness (QED) is 0.382. The number of amides is 1. The van der Waals surface area contributed by atoms with Gasteiger partial charge in [-0.05, 0) is 56.4 Å². The van der Waals surface area contributed by atoms with E-state index in [9.17, 15) is 19.2 Å². The first-order valence-corrected chi connectivity index (χ1v) is 12.9. The lowest BCUT2D eigenvalue weighted by molar-refractivity contribution is -0.119. The monoisotopic (exact) mass is 528 g/mol. The highest BCUT2D eigenvalue weighted by atomic mass is 16.2. The number of carbonyl (C=O) groups is 2. The van der Waals surface area contributed by atoms with Crippen LogP contribution in [-0.4, -0.2) is 53.4 Å². The zero-order valence-electron chi connectivity index (χ0n) is 21.9. The average Bonchev–Trinajstić information content (AvgIpc) is 3.31. The Morgan fingerprint density at radius 2 is 1.87 bits per heavy atom. The molecular weight excluding hydrogens is 500 g/mol. The molecule has 12 heteroatoms. The third-order valence-corrected chi connectivity index (χ3v) is 7.58. The minimum atomic E-state index is -0.857. The van der Waals surface area contributed by atoms with E-state index in [0.29, 0.717) is 11.5 Å². The number of rotatable bonds is 7. The van der Waals surface area contributed by atoms with Gasteiger partial charge in [-0.3, -0.25) is 23.5 Å². The maximum atomic E-state index is 13.2. The Morgan fingerprint density at radius 1 is 1.10 bits per heavy atom. The fourth-order valence-corrected chi connectivity index (χ4v) is 5.28. The summed E-state index contributed by atoms with van der Waals surface area (Å²) in [7, 11) is 1.47. The van der Waals surface area contributed by atoms with Gasteiger partial charge in [0, 0.05) is 31.9 Å². The molecule has 0 bridgehead atoms. The summed E-state index contributed by atoms with van der Waals surface area (Å²) in [6.07, 6.45) is 4.48. The highest BCUT2D eigenvalue weighted by Crippen LogP contribution is 2.45. The van der Waals surface area contributed by atoms with Crippen LogP contribution in [0.4, 0.5) is 11.6 Å². The highest BCUT2D eigenvalue weighted by Gasteiger charge is 2.45. The van der Waals surface area contributed by atoms with E-state index in [0.717, 1.165) is 40.9 Å². The van der Waals surface area contributed by atoms with Crippen LogP contribution >= 0.6 is 0 Å². The zero-order valence-corrected chi connectivity index (χ0v) is 21.9. The molecule has 2 aliphatic rings. The summed E-state index contributed by atoms with van der Waals surface area (Å²) in [5, 5.41) is 2.80. The molecule has 6 rings (SSSR count). The van der Waals surface area contributed by atoms with Crippen LogP contribution in [0.1, 0.15) is 26.3 Å². The maximum absolute atomic E-state index is 13.2. The van der Waals surface area contributed by atoms with Gasteiger partial charge in [-0.2, -0.15) is 0 Å². The number of anilines is 2. The normalized spacial score (nSPS) is 18.7. The molecule has 1 saturated heterocycles. The van der Waals surface area contributed by atoms with Gasteiger partial charge >= 0.3 is 5.69 Å². The number of imidazole rings is 1. The van der Waals surface area contributed by atoms with Crippen molar-refractivity contribution in [2.75, 3.05) is 23.3 Å². The summed E-state index contributed by atoms with van der Waals surface area (Å²) in [5.41, 5.74) is 0.363. The van der Waals surface area contributed by atoms with Crippen LogP contribution in [0.25, 0.3) is 22.4 Å². The van der Waals surface area contributed by atoms with Crippen molar-refractivity contribution in [3.05, 3.63) is 63.7 Å². The predicted octanol–water partition coefficient (Wildman–Crippen LogP) is 1.60. The molecule has 12 nitrogen and oxygen atoms in total. The second-order valence-corrected chi connectivity index (χ2v) is 10.4. The summed E-state index contributed by atoms with van der Waals surface area (Å²) in [6, 6.07) is 8.46. The van der Waals surface area contributed by atoms with Crippen molar-refractivity contribution in [1.29, 1.82) is 0 Å². The number of piperidine rings is 1. The van der Waals surface area contributed by atoms with E-state index in [1.807, 2.05) is 18.2 Å². The number of aryl methyl sites for hydroxylation is 1. The third-order valence-electron chi connectivity index (χ3n) is 7.58. The van der Waals surface area contributed by atoms with Crippen LogP contribution in [0.15, 0.2) is 52.4 Å². The Morgan fingerprint density at radius 3 is 2.56 bits per heavy atom. The Hall–Kier alpha value is -4.61. The van der Waals surface area contributed by atoms with E-state index in [4.69, 9.17) is 0 Å². The minimum Gasteiger partial charge on any atom is -0.356 e. The molecule has 0 aromatic carbocycles. The van der Waals surface area contributed by atoms with Crippen molar-refractivity contribution in [2.24, 2.45) is 18.9 Å². The maximum Gasteiger partial charge on any atom is 0.332 e. The molecule has 1 amide bonds. The summed E-state index contributed by atoms with van der Waals surface area (Å²) in [5.74, 6) is 2.20. The van der Waals surface area contributed by atoms with E-state index in [1.54, 1.807) is 25.3 Å². The van der Waals surface area contributed by atoms with Gasteiger partial charge in [-0.25, -0.2) is 19.7 Å². The van der Waals surface area contributed by atoms with Gasteiger partial charge < -0.3 is 14.8 Å². The summed E-state index contributed by atoms with van der Waals surface area (Å²) < 4.78 is 3.44. The van der Waals surface area contributed by atoms with Crippen molar-refractivity contribution in [3.8, 4) is 11.3 Å². The van der Waals surface area contributed by atoms with Crippen LogP contribution in [0.2, 0.25) is 0 Å². The molecule has 3 unspecified atom stereocenters. The molecule has 1 aliphatic carbocycles. The molecule has 3 atom stereocenters. The molecule has 39 heavy (non-hydrogen) atoms. The molecule has 4 aromatic rings. The second kappa shape index (κ2) is 9.29. The topological polar surface area (TPSA) is 137 Å². The lowest BCUT2D eigenvalue weighted by atomic mass is 10.2. The van der Waals surface area contributed by atoms with Crippen LogP contribution in [0.3, 0.4) is 0 Å². The predicted molar refractivity (Wildman–Crippen MR) is 145 cm³/mol. The highest BCUT2D eigenvalue weighted by molar-refractivity contribution is 5.93. The SMILES string of the molecule is CC(=O)Cn1c(=O)c2c(ncn2C(C)C(=O)Nc2cccc(-c3ccc(N4CC5CC5C4)nc3)n2)n(C)c1=O. The number of nitrogens with one attached hydrogen (secondary N) is 1. The van der Waals surface area contributed by atoms with Gasteiger partial charge in [-0.1, -0.05) is 6.07 Å². The summed E-state index contributed by atoms with van der Waals surface area (Å²) in [6.45, 7) is 4.69. The molecule has 200 valence electrons. The number of hydrogen-bond acceptors (Lipinski definition) is 8. The number of Topliss-reactive ketones (excluding diaryl/α,β-unsaturated/α-hetero) is 1. The lowest BCUT2D eigenvalue weighted by Gasteiger charge is -2.19. The Bertz CT molecular complexity index is 1730. The number of aromatic nitrogens is 6. The standard InChI is InChI=1S/C27H28N8O4/c1-15(36)11-34-26(38)23-24(32(3)27(34)39)29-14-35(23)16(2)25(37)31-21-6-4-5-20(30-21)17-7-8-22(28-10-17)33-12-18-9-19(18)13-33/h4-8,10,14,16,18-19H,9,11-13H2,1-3H3,(H,30,31,37). The van der Waals surface area contributed by atoms with E-state index in [1.165, 1.54) is 35.9 Å². The van der Waals surface area contributed by atoms with Crippen molar-refractivity contribution in [1.82, 2.24) is 28.7 Å². The van der Waals surface area contributed by atoms with Crippen LogP contribution < -0.4 is 21.5 Å². The number of carbonyl (C=O) groups excluding carboxylic acids is 2. The first-order chi connectivity index (χ1) is 18.7. The third kappa shape index (κ3) is 4.41. The first kappa shape index (κ1) is 24.7. The molecule has 1 N–H and O–H groups in total. The van der Waals surface area contributed by atoms with E-state index in [2.05, 4.69) is 25.2 Å². The van der Waals surface area contributed by atoms with Crippen molar-refractivity contribution in [2.45, 2.75) is 32.9 Å². The number of nitrogens with zero attached hydrogens (tertiary/aromatic N) is 7. The lowest BCUT2D eigenvalue weighted by Crippen LogP contribution is -2.41. The van der Waals surface area contributed by atoms with E-state index < -0.39 is 23.2 Å². The van der Waals surface area contributed by atoms with Gasteiger partial charge in [0.1, 0.15) is 23.5 Å². The van der Waals surface area contributed by atoms with Gasteiger partial charge in [0.05, 0.1) is 18.6 Å². The fourth-order valence-electron chi connectivity index (χ4n) is 5.28. The minimum absolute atomic E-state index is 0.0594. The number of ketones is 1. The fraction of sp³-hybridized carbons (Fsp3) is 0.370. The largest absolute Gasteiger partial charge is 0.356 e. The van der Waals surface area contributed by atoms with E-state index >= 15 is 0 Å². The van der Waals surface area contributed by atoms with Gasteiger partial charge in [0.2, 0.25) is 5.91 Å². The Labute approximate surface area is 222 Å². The molecule has 0 spiro atoms. The van der Waals surface area contributed by atoms with Crippen molar-refractivity contribution >= 4 is 34.5 Å². The molecule has 2 fully saturated rings. The van der Waals surface area contributed by atoms with Gasteiger partial charge in [0.25, 0.3) is 5.56 Å². The van der Waals surface area contributed by atoms with Crippen LogP contribution in [0, 0.1) is 11.8 Å². The smallest absolute Gasteiger partial charge is 0.332 e. The van der Waals surface area contributed by atoms with Crippen molar-refractivity contribution in [3.63, 3.8) is 0 Å².